The molecule has 1 heterocycles. The number of hydrogen-bond donors (Lipinski definition) is 1. The van der Waals surface area contributed by atoms with Crippen LogP contribution in [0.4, 0.5) is 0 Å². The zero-order chi connectivity index (χ0) is 12.6. The molecule has 96 valence electrons. The summed E-state index contributed by atoms with van der Waals surface area (Å²) in [7, 11) is -3.55. The van der Waals surface area contributed by atoms with E-state index in [1.165, 1.54) is 6.07 Å². The standard InChI is InChI=1S/C11H13N3O3S/c15-18(16,14-8-4-1-2-5-8)10-7-3-6-9-11(10)13-17-12-9/h3,6-8,14H,1-2,4-5H2. The fraction of sp³-hybridized carbons (Fsp3) is 0.455. The summed E-state index contributed by atoms with van der Waals surface area (Å²) in [4.78, 5) is 0.133. The summed E-state index contributed by atoms with van der Waals surface area (Å²) in [6, 6.07) is 4.85. The van der Waals surface area contributed by atoms with Gasteiger partial charge in [0.2, 0.25) is 10.0 Å². The first-order valence-electron chi connectivity index (χ1n) is 5.90. The van der Waals surface area contributed by atoms with Crippen LogP contribution < -0.4 is 4.72 Å². The summed E-state index contributed by atoms with van der Waals surface area (Å²) in [6.07, 6.45) is 3.93. The van der Waals surface area contributed by atoms with Crippen molar-refractivity contribution in [3.05, 3.63) is 18.2 Å². The number of fused-ring (bicyclic) bond motifs is 1. The maximum Gasteiger partial charge on any atom is 0.243 e. The fourth-order valence-electron chi connectivity index (χ4n) is 2.32. The molecule has 2 aromatic rings. The lowest BCUT2D eigenvalue weighted by molar-refractivity contribution is 0.315. The van der Waals surface area contributed by atoms with E-state index in [0.29, 0.717) is 5.52 Å². The van der Waals surface area contributed by atoms with Gasteiger partial charge in [-0.1, -0.05) is 18.9 Å². The van der Waals surface area contributed by atoms with E-state index in [1.807, 2.05) is 0 Å². The second kappa shape index (κ2) is 4.33. The molecule has 0 unspecified atom stereocenters. The smallest absolute Gasteiger partial charge is 0.243 e. The number of nitrogens with zero attached hydrogens (tertiary/aromatic N) is 2. The Bertz CT molecular complexity index is 659. The van der Waals surface area contributed by atoms with E-state index in [-0.39, 0.29) is 16.5 Å². The first kappa shape index (κ1) is 11.6. The van der Waals surface area contributed by atoms with Crippen molar-refractivity contribution in [3.63, 3.8) is 0 Å². The van der Waals surface area contributed by atoms with E-state index in [1.54, 1.807) is 12.1 Å². The Morgan fingerprint density at radius 1 is 1.22 bits per heavy atom. The molecular weight excluding hydrogens is 254 g/mol. The van der Waals surface area contributed by atoms with Crippen molar-refractivity contribution in [2.45, 2.75) is 36.6 Å². The summed E-state index contributed by atoms with van der Waals surface area (Å²) in [5.74, 6) is 0. The molecule has 0 bridgehead atoms. The quantitative estimate of drug-likeness (QED) is 0.909. The van der Waals surface area contributed by atoms with Crippen LogP contribution in [0.2, 0.25) is 0 Å². The third-order valence-electron chi connectivity index (χ3n) is 3.22. The van der Waals surface area contributed by atoms with Crippen molar-refractivity contribution >= 4 is 21.1 Å². The Kier molecular flexibility index (Phi) is 2.79. The first-order chi connectivity index (χ1) is 8.67. The van der Waals surface area contributed by atoms with Crippen LogP contribution in [0.15, 0.2) is 27.7 Å². The molecule has 7 heteroatoms. The molecule has 0 radical (unpaired) electrons. The number of sulfonamides is 1. The summed E-state index contributed by atoms with van der Waals surface area (Å²) in [5.41, 5.74) is 0.729. The summed E-state index contributed by atoms with van der Waals surface area (Å²) in [6.45, 7) is 0. The van der Waals surface area contributed by atoms with Gasteiger partial charge in [0.1, 0.15) is 10.4 Å². The van der Waals surface area contributed by atoms with Crippen molar-refractivity contribution in [2.24, 2.45) is 0 Å². The lowest BCUT2D eigenvalue weighted by Gasteiger charge is -2.12. The zero-order valence-corrected chi connectivity index (χ0v) is 10.5. The number of aromatic nitrogens is 2. The highest BCUT2D eigenvalue weighted by atomic mass is 32.2. The summed E-state index contributed by atoms with van der Waals surface area (Å²) >= 11 is 0. The van der Waals surface area contributed by atoms with Gasteiger partial charge in [0, 0.05) is 6.04 Å². The van der Waals surface area contributed by atoms with Crippen LogP contribution in [0, 0.1) is 0 Å². The minimum Gasteiger partial charge on any atom is -0.243 e. The number of hydrogen-bond acceptors (Lipinski definition) is 5. The second-order valence-corrected chi connectivity index (χ2v) is 6.17. The van der Waals surface area contributed by atoms with Gasteiger partial charge in [-0.15, -0.1) is 0 Å². The predicted molar refractivity (Wildman–Crippen MR) is 64.4 cm³/mol. The van der Waals surface area contributed by atoms with E-state index in [0.717, 1.165) is 25.7 Å². The minimum absolute atomic E-state index is 0.0325. The van der Waals surface area contributed by atoms with Gasteiger partial charge in [0.05, 0.1) is 0 Å². The van der Waals surface area contributed by atoms with Crippen LogP contribution in [0.3, 0.4) is 0 Å². The largest absolute Gasteiger partial charge is 0.243 e. The topological polar surface area (TPSA) is 85.1 Å². The van der Waals surface area contributed by atoms with Gasteiger partial charge in [-0.3, -0.25) is 0 Å². The van der Waals surface area contributed by atoms with Crippen molar-refractivity contribution in [1.29, 1.82) is 0 Å². The molecule has 0 aliphatic heterocycles. The van der Waals surface area contributed by atoms with E-state index < -0.39 is 10.0 Å². The molecule has 0 amide bonds. The van der Waals surface area contributed by atoms with E-state index in [9.17, 15) is 8.42 Å². The Morgan fingerprint density at radius 2 is 2.00 bits per heavy atom. The Labute approximate surface area is 104 Å². The molecule has 1 aliphatic rings. The molecule has 1 fully saturated rings. The van der Waals surface area contributed by atoms with Crippen LogP contribution in [-0.2, 0) is 10.0 Å². The molecule has 18 heavy (non-hydrogen) atoms. The molecule has 0 spiro atoms. The highest BCUT2D eigenvalue weighted by Crippen LogP contribution is 2.23. The summed E-state index contributed by atoms with van der Waals surface area (Å²) in [5, 5.41) is 7.30. The molecule has 6 nitrogen and oxygen atoms in total. The van der Waals surface area contributed by atoms with Crippen LogP contribution in [-0.4, -0.2) is 24.8 Å². The monoisotopic (exact) mass is 267 g/mol. The van der Waals surface area contributed by atoms with E-state index in [4.69, 9.17) is 0 Å². The van der Waals surface area contributed by atoms with Crippen LogP contribution >= 0.6 is 0 Å². The van der Waals surface area contributed by atoms with E-state index in [2.05, 4.69) is 19.7 Å². The van der Waals surface area contributed by atoms with Gasteiger partial charge in [-0.05, 0) is 35.3 Å². The Hall–Kier alpha value is -1.47. The maximum absolute atomic E-state index is 12.3. The Balaban J connectivity index is 1.99. The molecule has 1 N–H and O–H groups in total. The van der Waals surface area contributed by atoms with Gasteiger partial charge < -0.3 is 0 Å². The SMILES string of the molecule is O=S(=O)(NC1CCCC1)c1cccc2nonc12. The molecule has 0 saturated heterocycles. The van der Waals surface area contributed by atoms with Crippen molar-refractivity contribution in [3.8, 4) is 0 Å². The molecule has 1 aromatic heterocycles. The highest BCUT2D eigenvalue weighted by molar-refractivity contribution is 7.89. The van der Waals surface area contributed by atoms with Gasteiger partial charge in [0.25, 0.3) is 0 Å². The number of rotatable bonds is 3. The number of benzene rings is 1. The third-order valence-corrected chi connectivity index (χ3v) is 4.77. The first-order valence-corrected chi connectivity index (χ1v) is 7.39. The second-order valence-electron chi connectivity index (χ2n) is 4.49. The van der Waals surface area contributed by atoms with Gasteiger partial charge in [-0.25, -0.2) is 17.8 Å². The lowest BCUT2D eigenvalue weighted by atomic mass is 10.3. The zero-order valence-electron chi connectivity index (χ0n) is 9.67. The molecule has 1 saturated carbocycles. The van der Waals surface area contributed by atoms with Crippen molar-refractivity contribution < 1.29 is 13.0 Å². The number of nitrogens with one attached hydrogen (secondary N) is 1. The maximum atomic E-state index is 12.3. The van der Waals surface area contributed by atoms with Crippen molar-refractivity contribution in [2.75, 3.05) is 0 Å². The molecular formula is C11H13N3O3S. The minimum atomic E-state index is -3.55. The molecule has 1 aromatic carbocycles. The summed E-state index contributed by atoms with van der Waals surface area (Å²) < 4.78 is 31.9. The van der Waals surface area contributed by atoms with E-state index >= 15 is 0 Å². The predicted octanol–water partition coefficient (Wildman–Crippen LogP) is 1.44. The third kappa shape index (κ3) is 1.99. The molecule has 1 aliphatic carbocycles. The molecule has 3 rings (SSSR count). The van der Waals surface area contributed by atoms with Crippen molar-refractivity contribution in [1.82, 2.24) is 15.0 Å². The highest BCUT2D eigenvalue weighted by Gasteiger charge is 2.25. The lowest BCUT2D eigenvalue weighted by Crippen LogP contribution is -2.32. The normalized spacial score (nSPS) is 17.6. The van der Waals surface area contributed by atoms with Crippen LogP contribution in [0.25, 0.3) is 11.0 Å². The average Bonchev–Trinajstić information content (AvgIpc) is 2.97. The molecule has 0 atom stereocenters. The van der Waals surface area contributed by atoms with Crippen LogP contribution in [0.1, 0.15) is 25.7 Å². The van der Waals surface area contributed by atoms with Gasteiger partial charge in [0.15, 0.2) is 5.52 Å². The average molecular weight is 267 g/mol. The fourth-order valence-corrected chi connectivity index (χ4v) is 3.78. The Morgan fingerprint density at radius 3 is 2.78 bits per heavy atom. The van der Waals surface area contributed by atoms with Gasteiger partial charge in [-0.2, -0.15) is 0 Å². The van der Waals surface area contributed by atoms with Crippen LogP contribution in [0.5, 0.6) is 0 Å². The van der Waals surface area contributed by atoms with Gasteiger partial charge >= 0.3 is 0 Å².